The highest BCUT2D eigenvalue weighted by Crippen LogP contribution is 2.30. The maximum Gasteiger partial charge on any atom is 0.276 e. The van der Waals surface area contributed by atoms with E-state index < -0.39 is 0 Å². The van der Waals surface area contributed by atoms with Crippen LogP contribution >= 0.6 is 11.8 Å². The molecule has 0 spiro atoms. The third-order valence-corrected chi connectivity index (χ3v) is 5.97. The van der Waals surface area contributed by atoms with Crippen LogP contribution in [0.3, 0.4) is 0 Å². The first-order valence-electron chi connectivity index (χ1n) is 9.47. The number of rotatable bonds is 7. The molecule has 1 aromatic heterocycles. The van der Waals surface area contributed by atoms with Crippen molar-refractivity contribution in [2.75, 3.05) is 0 Å². The van der Waals surface area contributed by atoms with Gasteiger partial charge in [-0.3, -0.25) is 4.79 Å². The summed E-state index contributed by atoms with van der Waals surface area (Å²) < 4.78 is 5.85. The lowest BCUT2D eigenvalue weighted by molar-refractivity contribution is 0.101. The number of carbonyl (C=O) groups is 1. The second kappa shape index (κ2) is 8.74. The quantitative estimate of drug-likeness (QED) is 0.372. The summed E-state index contributed by atoms with van der Waals surface area (Å²) in [5.74, 6) is 1.78. The molecule has 0 saturated carbocycles. The van der Waals surface area contributed by atoms with Crippen molar-refractivity contribution in [1.82, 2.24) is 10.2 Å². The molecule has 0 N–H and O–H groups in total. The Morgan fingerprint density at radius 1 is 1.11 bits per heavy atom. The largest absolute Gasteiger partial charge is 0.416 e. The van der Waals surface area contributed by atoms with E-state index in [1.807, 2.05) is 32.0 Å². The number of thioether (sulfide) groups is 1. The zero-order chi connectivity index (χ0) is 20.3. The van der Waals surface area contributed by atoms with Crippen molar-refractivity contribution in [3.05, 3.63) is 75.7 Å². The van der Waals surface area contributed by atoms with E-state index >= 15 is 0 Å². The van der Waals surface area contributed by atoms with E-state index in [-0.39, 0.29) is 5.78 Å². The van der Waals surface area contributed by atoms with Crippen LogP contribution in [0.25, 0.3) is 0 Å². The van der Waals surface area contributed by atoms with Gasteiger partial charge in [0.25, 0.3) is 5.22 Å². The number of hydrogen-bond donors (Lipinski definition) is 0. The molecule has 1 atom stereocenters. The molecular weight excluding hydrogens is 368 g/mol. The van der Waals surface area contributed by atoms with Crippen molar-refractivity contribution < 1.29 is 9.21 Å². The third-order valence-electron chi connectivity index (χ3n) is 5.12. The van der Waals surface area contributed by atoms with Gasteiger partial charge in [0.2, 0.25) is 5.89 Å². The standard InChI is InChI=1S/C23H26N2O2S/c1-14(19-9-7-6-8-10-19)12-21-24-25-23(27-21)28-13-20-15(2)11-16(3)22(17(20)4)18(5)26/h6-11,14H,12-13H2,1-5H3. The minimum atomic E-state index is 0.108. The van der Waals surface area contributed by atoms with E-state index in [1.54, 1.807) is 6.92 Å². The van der Waals surface area contributed by atoms with Crippen LogP contribution in [0, 0.1) is 20.8 Å². The number of hydrogen-bond acceptors (Lipinski definition) is 5. The second-order valence-corrected chi connectivity index (χ2v) is 8.24. The van der Waals surface area contributed by atoms with Crippen molar-refractivity contribution >= 4 is 17.5 Å². The lowest BCUT2D eigenvalue weighted by atomic mass is 9.92. The molecule has 0 radical (unpaired) electrons. The summed E-state index contributed by atoms with van der Waals surface area (Å²) in [6.07, 6.45) is 0.717. The van der Waals surface area contributed by atoms with E-state index in [4.69, 9.17) is 4.42 Å². The topological polar surface area (TPSA) is 56.0 Å². The van der Waals surface area contributed by atoms with Gasteiger partial charge >= 0.3 is 0 Å². The molecule has 146 valence electrons. The van der Waals surface area contributed by atoms with Gasteiger partial charge in [-0.1, -0.05) is 55.1 Å². The van der Waals surface area contributed by atoms with Crippen molar-refractivity contribution in [2.24, 2.45) is 0 Å². The van der Waals surface area contributed by atoms with Crippen LogP contribution in [0.1, 0.15) is 63.8 Å². The molecular formula is C23H26N2O2S. The first kappa shape index (κ1) is 20.3. The monoisotopic (exact) mass is 394 g/mol. The maximum atomic E-state index is 12.0. The number of aromatic nitrogens is 2. The summed E-state index contributed by atoms with van der Waals surface area (Å²) in [7, 11) is 0. The molecule has 4 nitrogen and oxygen atoms in total. The van der Waals surface area contributed by atoms with Crippen LogP contribution in [0.5, 0.6) is 0 Å². The van der Waals surface area contributed by atoms with Gasteiger partial charge in [-0.25, -0.2) is 0 Å². The van der Waals surface area contributed by atoms with Crippen molar-refractivity contribution in [2.45, 2.75) is 57.9 Å². The maximum absolute atomic E-state index is 12.0. The number of benzene rings is 2. The SMILES string of the molecule is CC(=O)c1c(C)cc(C)c(CSc2nnc(CC(C)c3ccccc3)o2)c1C. The fraction of sp³-hybridized carbons (Fsp3) is 0.348. The van der Waals surface area contributed by atoms with Gasteiger partial charge in [0, 0.05) is 17.7 Å². The van der Waals surface area contributed by atoms with Gasteiger partial charge in [-0.15, -0.1) is 10.2 Å². The highest BCUT2D eigenvalue weighted by atomic mass is 32.2. The van der Waals surface area contributed by atoms with Crippen molar-refractivity contribution in [1.29, 1.82) is 0 Å². The zero-order valence-corrected chi connectivity index (χ0v) is 17.9. The Morgan fingerprint density at radius 2 is 1.82 bits per heavy atom. The number of ketones is 1. The van der Waals surface area contributed by atoms with Crippen LogP contribution in [0.15, 0.2) is 46.0 Å². The van der Waals surface area contributed by atoms with E-state index in [0.717, 1.165) is 16.7 Å². The summed E-state index contributed by atoms with van der Waals surface area (Å²) in [5, 5.41) is 8.97. The van der Waals surface area contributed by atoms with Crippen LogP contribution in [-0.4, -0.2) is 16.0 Å². The van der Waals surface area contributed by atoms with Crippen molar-refractivity contribution in [3.63, 3.8) is 0 Å². The molecule has 1 unspecified atom stereocenters. The van der Waals surface area contributed by atoms with Gasteiger partial charge in [0.1, 0.15) is 0 Å². The second-order valence-electron chi connectivity index (χ2n) is 7.31. The van der Waals surface area contributed by atoms with E-state index in [0.29, 0.717) is 29.2 Å². The zero-order valence-electron chi connectivity index (χ0n) is 17.1. The molecule has 5 heteroatoms. The van der Waals surface area contributed by atoms with Crippen LogP contribution < -0.4 is 0 Å². The van der Waals surface area contributed by atoms with Gasteiger partial charge in [-0.05, 0) is 61.4 Å². The Morgan fingerprint density at radius 3 is 2.50 bits per heavy atom. The number of carbonyl (C=O) groups excluding carboxylic acids is 1. The highest BCUT2D eigenvalue weighted by Gasteiger charge is 2.16. The summed E-state index contributed by atoms with van der Waals surface area (Å²) >= 11 is 1.52. The molecule has 0 aliphatic rings. The average molecular weight is 395 g/mol. The normalized spacial score (nSPS) is 12.2. The predicted octanol–water partition coefficient (Wildman–Crippen LogP) is 5.84. The molecule has 0 aliphatic carbocycles. The lowest BCUT2D eigenvalue weighted by Gasteiger charge is -2.15. The average Bonchev–Trinajstić information content (AvgIpc) is 3.08. The first-order chi connectivity index (χ1) is 13.4. The Balaban J connectivity index is 1.70. The smallest absolute Gasteiger partial charge is 0.276 e. The summed E-state index contributed by atoms with van der Waals surface area (Å²) in [6, 6.07) is 12.4. The predicted molar refractivity (Wildman–Crippen MR) is 113 cm³/mol. The van der Waals surface area contributed by atoms with Gasteiger partial charge in [0.15, 0.2) is 5.78 Å². The molecule has 28 heavy (non-hydrogen) atoms. The summed E-state index contributed by atoms with van der Waals surface area (Å²) in [4.78, 5) is 12.0. The van der Waals surface area contributed by atoms with E-state index in [2.05, 4.69) is 42.2 Å². The molecule has 2 aromatic carbocycles. The molecule has 0 amide bonds. The van der Waals surface area contributed by atoms with Gasteiger partial charge in [0.05, 0.1) is 0 Å². The molecule has 0 aliphatic heterocycles. The number of aryl methyl sites for hydroxylation is 2. The fourth-order valence-corrected chi connectivity index (χ4v) is 4.63. The summed E-state index contributed by atoms with van der Waals surface area (Å²) in [6.45, 7) is 9.88. The van der Waals surface area contributed by atoms with Gasteiger partial charge < -0.3 is 4.42 Å². The van der Waals surface area contributed by atoms with Crippen LogP contribution in [0.2, 0.25) is 0 Å². The Kier molecular flexibility index (Phi) is 6.35. The highest BCUT2D eigenvalue weighted by molar-refractivity contribution is 7.98. The van der Waals surface area contributed by atoms with E-state index in [9.17, 15) is 4.79 Å². The molecule has 0 bridgehead atoms. The molecule has 0 saturated heterocycles. The third kappa shape index (κ3) is 4.53. The van der Waals surface area contributed by atoms with Crippen LogP contribution in [0.4, 0.5) is 0 Å². The fourth-order valence-electron chi connectivity index (χ4n) is 3.66. The Labute approximate surface area is 170 Å². The minimum Gasteiger partial charge on any atom is -0.416 e. The van der Waals surface area contributed by atoms with E-state index in [1.165, 1.54) is 28.5 Å². The molecule has 3 rings (SSSR count). The molecule has 1 heterocycles. The van der Waals surface area contributed by atoms with Crippen molar-refractivity contribution in [3.8, 4) is 0 Å². The lowest BCUT2D eigenvalue weighted by Crippen LogP contribution is -2.05. The minimum absolute atomic E-state index is 0.108. The molecule has 0 fully saturated rings. The number of Topliss-reactive ketones (excluding diaryl/α,β-unsaturated/α-hetero) is 1. The first-order valence-corrected chi connectivity index (χ1v) is 10.5. The van der Waals surface area contributed by atoms with Crippen LogP contribution in [-0.2, 0) is 12.2 Å². The number of nitrogens with zero attached hydrogens (tertiary/aromatic N) is 2. The Bertz CT molecular complexity index is 980. The summed E-state index contributed by atoms with van der Waals surface area (Å²) in [5.41, 5.74) is 6.52. The molecule has 3 aromatic rings. The Hall–Kier alpha value is -2.40. The van der Waals surface area contributed by atoms with Gasteiger partial charge in [-0.2, -0.15) is 0 Å².